The second kappa shape index (κ2) is 8.84. The van der Waals surface area contributed by atoms with Crippen molar-refractivity contribution < 1.29 is 14.5 Å². The average Bonchev–Trinajstić information content (AvgIpc) is 2.97. The maximum atomic E-state index is 13.0. The minimum atomic E-state index is -0.607. The molecule has 1 saturated heterocycles. The lowest BCUT2D eigenvalue weighted by Crippen LogP contribution is -2.32. The normalized spacial score (nSPS) is 14.2. The van der Waals surface area contributed by atoms with Crippen molar-refractivity contribution in [2.45, 2.75) is 25.7 Å². The molecule has 7 nitrogen and oxygen atoms in total. The van der Waals surface area contributed by atoms with Gasteiger partial charge in [-0.3, -0.25) is 19.7 Å². The molecule has 146 valence electrons. The molecule has 28 heavy (non-hydrogen) atoms. The summed E-state index contributed by atoms with van der Waals surface area (Å²) in [7, 11) is 0. The van der Waals surface area contributed by atoms with Crippen LogP contribution in [0.25, 0.3) is 0 Å². The van der Waals surface area contributed by atoms with E-state index in [2.05, 4.69) is 5.32 Å². The van der Waals surface area contributed by atoms with E-state index < -0.39 is 10.8 Å². The average molecular weight is 402 g/mol. The minimum Gasteiger partial charge on any atom is -0.339 e. The van der Waals surface area contributed by atoms with Gasteiger partial charge in [-0.05, 0) is 31.0 Å². The van der Waals surface area contributed by atoms with Gasteiger partial charge in [0.15, 0.2) is 0 Å². The molecule has 0 saturated carbocycles. The molecule has 0 aliphatic carbocycles. The number of likely N-dealkylation sites (tertiary alicyclic amines) is 1. The maximum Gasteiger partial charge on any atom is 0.270 e. The number of anilines is 1. The molecular weight excluding hydrogens is 382 g/mol. The van der Waals surface area contributed by atoms with Crippen LogP contribution in [0, 0.1) is 10.1 Å². The summed E-state index contributed by atoms with van der Waals surface area (Å²) in [5, 5.41) is 13.7. The smallest absolute Gasteiger partial charge is 0.270 e. The molecule has 1 N–H and O–H groups in total. The molecule has 2 amide bonds. The lowest BCUT2D eigenvalue weighted by molar-refractivity contribution is -0.384. The molecule has 2 aromatic rings. The van der Waals surface area contributed by atoms with E-state index in [1.54, 1.807) is 29.2 Å². The number of halogens is 1. The highest BCUT2D eigenvalue weighted by Crippen LogP contribution is 2.25. The van der Waals surface area contributed by atoms with Gasteiger partial charge in [-0.1, -0.05) is 36.6 Å². The molecule has 2 aromatic carbocycles. The van der Waals surface area contributed by atoms with Gasteiger partial charge in [0.1, 0.15) is 0 Å². The van der Waals surface area contributed by atoms with Crippen LogP contribution in [0.15, 0.2) is 42.5 Å². The van der Waals surface area contributed by atoms with Gasteiger partial charge in [0, 0.05) is 25.2 Å². The van der Waals surface area contributed by atoms with Gasteiger partial charge in [-0.2, -0.15) is 0 Å². The van der Waals surface area contributed by atoms with Crippen LogP contribution in [-0.2, 0) is 0 Å². The predicted molar refractivity (Wildman–Crippen MR) is 107 cm³/mol. The summed E-state index contributed by atoms with van der Waals surface area (Å²) in [5.41, 5.74) is 0.486. The van der Waals surface area contributed by atoms with Gasteiger partial charge >= 0.3 is 0 Å². The monoisotopic (exact) mass is 401 g/mol. The van der Waals surface area contributed by atoms with Gasteiger partial charge in [-0.15, -0.1) is 0 Å². The van der Waals surface area contributed by atoms with Gasteiger partial charge in [0.2, 0.25) is 0 Å². The van der Waals surface area contributed by atoms with Crippen molar-refractivity contribution in [2.24, 2.45) is 0 Å². The molecule has 0 atom stereocenters. The lowest BCUT2D eigenvalue weighted by atomic mass is 10.1. The summed E-state index contributed by atoms with van der Waals surface area (Å²) in [6.07, 6.45) is 4.13. The molecule has 0 spiro atoms. The number of hydrogen-bond acceptors (Lipinski definition) is 4. The first-order chi connectivity index (χ1) is 13.5. The Balaban J connectivity index is 1.85. The number of nitro benzene ring substituents is 1. The third-order valence-electron chi connectivity index (χ3n) is 4.70. The van der Waals surface area contributed by atoms with Crippen molar-refractivity contribution in [2.75, 3.05) is 18.4 Å². The molecule has 1 aliphatic rings. The highest BCUT2D eigenvalue weighted by Gasteiger charge is 2.22. The zero-order valence-electron chi connectivity index (χ0n) is 15.2. The second-order valence-corrected chi connectivity index (χ2v) is 7.03. The number of nitrogens with zero attached hydrogens (tertiary/aromatic N) is 2. The highest BCUT2D eigenvalue weighted by molar-refractivity contribution is 6.34. The number of nitrogens with one attached hydrogen (secondary N) is 1. The second-order valence-electron chi connectivity index (χ2n) is 6.63. The Bertz CT molecular complexity index is 908. The summed E-state index contributed by atoms with van der Waals surface area (Å²) in [6.45, 7) is 1.38. The molecule has 0 bridgehead atoms. The summed E-state index contributed by atoms with van der Waals surface area (Å²) in [6, 6.07) is 10.4. The van der Waals surface area contributed by atoms with Crippen LogP contribution in [0.2, 0.25) is 5.02 Å². The minimum absolute atomic E-state index is 0.0205. The topological polar surface area (TPSA) is 92.6 Å². The standard InChI is InChI=1S/C20H20ClN3O4/c21-17-10-9-14(24(27)28)13-16(17)19(25)22-18-8-4-3-7-15(18)20(26)23-11-5-1-2-6-12-23/h3-4,7-10,13H,1-2,5-6,11-12H2,(H,22,25). The molecule has 1 heterocycles. The molecule has 0 unspecified atom stereocenters. The number of benzene rings is 2. The fourth-order valence-corrected chi connectivity index (χ4v) is 3.42. The third-order valence-corrected chi connectivity index (χ3v) is 5.03. The van der Waals surface area contributed by atoms with E-state index in [-0.39, 0.29) is 22.2 Å². The summed E-state index contributed by atoms with van der Waals surface area (Å²) < 4.78 is 0. The van der Waals surface area contributed by atoms with Crippen molar-refractivity contribution in [3.8, 4) is 0 Å². The Kier molecular flexibility index (Phi) is 6.26. The van der Waals surface area contributed by atoms with Gasteiger partial charge in [-0.25, -0.2) is 0 Å². The Hall–Kier alpha value is -2.93. The number of nitro groups is 1. The number of carbonyl (C=O) groups excluding carboxylic acids is 2. The number of rotatable bonds is 4. The third kappa shape index (κ3) is 4.48. The molecule has 0 radical (unpaired) electrons. The number of carbonyl (C=O) groups is 2. The number of amides is 2. The van der Waals surface area contributed by atoms with Crippen LogP contribution in [0.5, 0.6) is 0 Å². The van der Waals surface area contributed by atoms with E-state index in [0.29, 0.717) is 24.3 Å². The molecule has 0 aromatic heterocycles. The van der Waals surface area contributed by atoms with Crippen molar-refractivity contribution >= 4 is 34.8 Å². The van der Waals surface area contributed by atoms with Gasteiger partial charge in [0.05, 0.1) is 26.8 Å². The Morgan fingerprint density at radius 1 is 1.00 bits per heavy atom. The van der Waals surface area contributed by atoms with E-state index >= 15 is 0 Å². The molecule has 8 heteroatoms. The zero-order valence-corrected chi connectivity index (χ0v) is 15.9. The van der Waals surface area contributed by atoms with E-state index in [9.17, 15) is 19.7 Å². The molecule has 1 aliphatic heterocycles. The molecule has 1 fully saturated rings. The number of hydrogen-bond donors (Lipinski definition) is 1. The Labute approximate surface area is 167 Å². The summed E-state index contributed by atoms with van der Waals surface area (Å²) in [4.78, 5) is 37.8. The van der Waals surface area contributed by atoms with E-state index in [1.165, 1.54) is 12.1 Å². The van der Waals surface area contributed by atoms with E-state index in [1.807, 2.05) is 0 Å². The lowest BCUT2D eigenvalue weighted by Gasteiger charge is -2.22. The molecule has 3 rings (SSSR count). The molecular formula is C20H20ClN3O4. The Morgan fingerprint density at radius 3 is 2.36 bits per heavy atom. The summed E-state index contributed by atoms with van der Waals surface area (Å²) in [5.74, 6) is -0.743. The van der Waals surface area contributed by atoms with Crippen molar-refractivity contribution in [1.29, 1.82) is 0 Å². The first-order valence-corrected chi connectivity index (χ1v) is 9.49. The van der Waals surface area contributed by atoms with Crippen LogP contribution in [-0.4, -0.2) is 34.7 Å². The zero-order chi connectivity index (χ0) is 20.1. The fourth-order valence-electron chi connectivity index (χ4n) is 3.21. The predicted octanol–water partition coefficient (Wildman–Crippen LogP) is 4.52. The van der Waals surface area contributed by atoms with Crippen LogP contribution in [0.3, 0.4) is 0 Å². The highest BCUT2D eigenvalue weighted by atomic mass is 35.5. The van der Waals surface area contributed by atoms with Crippen LogP contribution in [0.1, 0.15) is 46.4 Å². The van der Waals surface area contributed by atoms with Crippen molar-refractivity contribution in [3.05, 3.63) is 68.7 Å². The maximum absolute atomic E-state index is 13.0. The van der Waals surface area contributed by atoms with Crippen LogP contribution in [0.4, 0.5) is 11.4 Å². The van der Waals surface area contributed by atoms with Crippen molar-refractivity contribution in [3.63, 3.8) is 0 Å². The van der Waals surface area contributed by atoms with Crippen molar-refractivity contribution in [1.82, 2.24) is 4.90 Å². The fraction of sp³-hybridized carbons (Fsp3) is 0.300. The number of non-ortho nitro benzene ring substituents is 1. The van der Waals surface area contributed by atoms with Gasteiger partial charge < -0.3 is 10.2 Å². The SMILES string of the molecule is O=C(Nc1ccccc1C(=O)N1CCCCCC1)c1cc([N+](=O)[O-])ccc1Cl. The van der Waals surface area contributed by atoms with Crippen LogP contribution >= 0.6 is 11.6 Å². The Morgan fingerprint density at radius 2 is 1.68 bits per heavy atom. The quantitative estimate of drug-likeness (QED) is 0.602. The van der Waals surface area contributed by atoms with Gasteiger partial charge in [0.25, 0.3) is 17.5 Å². The van der Waals surface area contributed by atoms with Crippen LogP contribution < -0.4 is 5.32 Å². The number of para-hydroxylation sites is 1. The van der Waals surface area contributed by atoms with E-state index in [4.69, 9.17) is 11.6 Å². The summed E-state index contributed by atoms with van der Waals surface area (Å²) >= 11 is 6.05. The first-order valence-electron chi connectivity index (χ1n) is 9.11. The largest absolute Gasteiger partial charge is 0.339 e. The first kappa shape index (κ1) is 19.8. The van der Waals surface area contributed by atoms with E-state index in [0.717, 1.165) is 31.7 Å².